The SMILES string of the molecule is COC(=O)/C=C/[C@H](C)[C@@H](OCc1ccc(OC)cc1)[C@H](C)[C@@H](O[Si](C)(C)C(C)(C)C)/C(C)=C/[C@H](C)CO[Si](C)(C)C(C)(C)C. The summed E-state index contributed by atoms with van der Waals surface area (Å²) in [5, 5.41) is 0.203. The van der Waals surface area contributed by atoms with Gasteiger partial charge in [0, 0.05) is 24.5 Å². The van der Waals surface area contributed by atoms with Crippen LogP contribution in [0.25, 0.3) is 0 Å². The van der Waals surface area contributed by atoms with Gasteiger partial charge in [0.15, 0.2) is 16.6 Å². The number of hydrogen-bond donors (Lipinski definition) is 0. The highest BCUT2D eigenvalue weighted by Crippen LogP contribution is 2.41. The lowest BCUT2D eigenvalue weighted by atomic mass is 9.85. The first kappa shape index (κ1) is 40.3. The maximum Gasteiger partial charge on any atom is 0.330 e. The second-order valence-electron chi connectivity index (χ2n) is 15.5. The zero-order chi connectivity index (χ0) is 34.1. The summed E-state index contributed by atoms with van der Waals surface area (Å²) in [6.07, 6.45) is 5.32. The van der Waals surface area contributed by atoms with Crippen molar-refractivity contribution in [1.82, 2.24) is 0 Å². The van der Waals surface area contributed by atoms with Crippen LogP contribution in [0.4, 0.5) is 0 Å². The molecule has 8 heteroatoms. The average Bonchev–Trinajstić information content (AvgIpc) is 2.92. The highest BCUT2D eigenvalue weighted by atomic mass is 28.4. The van der Waals surface area contributed by atoms with E-state index in [1.54, 1.807) is 7.11 Å². The first-order valence-corrected chi connectivity index (χ1v) is 21.9. The van der Waals surface area contributed by atoms with Crippen LogP contribution < -0.4 is 4.74 Å². The summed E-state index contributed by atoms with van der Waals surface area (Å²) in [4.78, 5) is 12.0. The van der Waals surface area contributed by atoms with E-state index in [4.69, 9.17) is 23.1 Å². The van der Waals surface area contributed by atoms with Crippen LogP contribution in [0.2, 0.25) is 36.3 Å². The summed E-state index contributed by atoms with van der Waals surface area (Å²) in [5.41, 5.74) is 2.24. The summed E-state index contributed by atoms with van der Waals surface area (Å²) in [5.74, 6) is 0.587. The Balaban J connectivity index is 3.48. The van der Waals surface area contributed by atoms with E-state index in [9.17, 15) is 4.79 Å². The number of carbonyl (C=O) groups excluding carboxylic acids is 1. The Hall–Kier alpha value is -1.72. The zero-order valence-corrected chi connectivity index (χ0v) is 32.8. The molecule has 0 spiro atoms. The molecule has 44 heavy (non-hydrogen) atoms. The first-order chi connectivity index (χ1) is 20.1. The quantitative estimate of drug-likeness (QED) is 0.0770. The predicted octanol–water partition coefficient (Wildman–Crippen LogP) is 9.58. The van der Waals surface area contributed by atoms with Crippen molar-refractivity contribution in [2.24, 2.45) is 17.8 Å². The van der Waals surface area contributed by atoms with Gasteiger partial charge in [-0.15, -0.1) is 0 Å². The van der Waals surface area contributed by atoms with Gasteiger partial charge >= 0.3 is 5.97 Å². The van der Waals surface area contributed by atoms with Gasteiger partial charge in [-0.05, 0) is 72.4 Å². The van der Waals surface area contributed by atoms with Crippen LogP contribution in [0.1, 0.15) is 74.8 Å². The molecule has 1 aromatic rings. The first-order valence-electron chi connectivity index (χ1n) is 16.1. The number of rotatable bonds is 16. The van der Waals surface area contributed by atoms with Crippen molar-refractivity contribution < 1.29 is 27.9 Å². The van der Waals surface area contributed by atoms with E-state index in [1.807, 2.05) is 30.3 Å². The fourth-order valence-corrected chi connectivity index (χ4v) is 7.04. The molecule has 0 unspecified atom stereocenters. The Labute approximate surface area is 272 Å². The van der Waals surface area contributed by atoms with Crippen LogP contribution in [-0.4, -0.2) is 55.6 Å². The molecule has 0 aliphatic rings. The molecular formula is C36H64O6Si2. The van der Waals surface area contributed by atoms with Crippen molar-refractivity contribution in [2.75, 3.05) is 20.8 Å². The number of esters is 1. The molecule has 252 valence electrons. The maximum absolute atomic E-state index is 12.0. The molecule has 0 aromatic heterocycles. The van der Waals surface area contributed by atoms with E-state index in [0.717, 1.165) is 11.3 Å². The number of hydrogen-bond acceptors (Lipinski definition) is 6. The van der Waals surface area contributed by atoms with Crippen LogP contribution in [0.5, 0.6) is 5.75 Å². The Morgan fingerprint density at radius 1 is 0.886 bits per heavy atom. The summed E-state index contributed by atoms with van der Waals surface area (Å²) in [6, 6.07) is 7.94. The third kappa shape index (κ3) is 12.2. The van der Waals surface area contributed by atoms with Gasteiger partial charge in [0.25, 0.3) is 0 Å². The van der Waals surface area contributed by atoms with Crippen molar-refractivity contribution in [3.05, 3.63) is 53.6 Å². The maximum atomic E-state index is 12.0. The molecule has 1 rings (SSSR count). The largest absolute Gasteiger partial charge is 0.497 e. The van der Waals surface area contributed by atoms with E-state index in [1.165, 1.54) is 18.8 Å². The van der Waals surface area contributed by atoms with Crippen molar-refractivity contribution in [2.45, 2.75) is 124 Å². The van der Waals surface area contributed by atoms with Crippen LogP contribution in [0.15, 0.2) is 48.1 Å². The van der Waals surface area contributed by atoms with Crippen molar-refractivity contribution >= 4 is 22.6 Å². The van der Waals surface area contributed by atoms with E-state index in [0.29, 0.717) is 13.2 Å². The number of ether oxygens (including phenoxy) is 3. The van der Waals surface area contributed by atoms with Crippen LogP contribution in [-0.2, 0) is 29.7 Å². The monoisotopic (exact) mass is 648 g/mol. The summed E-state index contributed by atoms with van der Waals surface area (Å²) in [6.45, 7) is 32.7. The second-order valence-corrected chi connectivity index (χ2v) is 25.0. The van der Waals surface area contributed by atoms with Crippen molar-refractivity contribution in [3.8, 4) is 5.75 Å². The lowest BCUT2D eigenvalue weighted by Crippen LogP contribution is -2.48. The summed E-state index contributed by atoms with van der Waals surface area (Å²) >= 11 is 0. The zero-order valence-electron chi connectivity index (χ0n) is 30.8. The van der Waals surface area contributed by atoms with Gasteiger partial charge in [-0.1, -0.05) is 86.6 Å². The fourth-order valence-electron chi connectivity index (χ4n) is 4.53. The third-order valence-corrected chi connectivity index (χ3v) is 18.5. The van der Waals surface area contributed by atoms with Crippen LogP contribution in [0, 0.1) is 17.8 Å². The number of carbonyl (C=O) groups is 1. The molecule has 5 atom stereocenters. The summed E-state index contributed by atoms with van der Waals surface area (Å²) in [7, 11) is -0.969. The standard InChI is InChI=1S/C36H64O6Si2/c1-26(24-41-43(13,14)35(5,6)7)23-28(3)34(42-44(15,16)36(8,9)10)29(4)33(27(2)17-22-32(37)39-12)40-25-30-18-20-31(38-11)21-19-30/h17-23,26-27,29,33-34H,24-25H2,1-16H3/b22-17+,28-23+/t26-,27-,29-,33+,34-/m0/s1. The molecule has 0 fully saturated rings. The average molecular weight is 649 g/mol. The molecule has 0 aliphatic carbocycles. The van der Waals surface area contributed by atoms with Gasteiger partial charge in [0.1, 0.15) is 5.75 Å². The van der Waals surface area contributed by atoms with Gasteiger partial charge in [-0.2, -0.15) is 0 Å². The van der Waals surface area contributed by atoms with Gasteiger partial charge < -0.3 is 23.1 Å². The molecule has 0 radical (unpaired) electrons. The number of benzene rings is 1. The lowest BCUT2D eigenvalue weighted by Gasteiger charge is -2.43. The minimum Gasteiger partial charge on any atom is -0.497 e. The molecule has 6 nitrogen and oxygen atoms in total. The molecule has 0 saturated carbocycles. The van der Waals surface area contributed by atoms with E-state index < -0.39 is 16.6 Å². The molecule has 1 aromatic carbocycles. The van der Waals surface area contributed by atoms with Gasteiger partial charge in [0.2, 0.25) is 0 Å². The highest BCUT2D eigenvalue weighted by Gasteiger charge is 2.43. The summed E-state index contributed by atoms with van der Waals surface area (Å²) < 4.78 is 30.7. The lowest BCUT2D eigenvalue weighted by molar-refractivity contribution is -0.134. The smallest absolute Gasteiger partial charge is 0.330 e. The van der Waals surface area contributed by atoms with Gasteiger partial charge in [-0.25, -0.2) is 4.79 Å². The fraction of sp³-hybridized carbons (Fsp3) is 0.694. The normalized spacial score (nSPS) is 17.2. The Morgan fingerprint density at radius 2 is 1.43 bits per heavy atom. The second kappa shape index (κ2) is 16.7. The molecule has 0 N–H and O–H groups in total. The minimum absolute atomic E-state index is 0.00979. The predicted molar refractivity (Wildman–Crippen MR) is 189 cm³/mol. The Bertz CT molecular complexity index is 1080. The molecule has 0 amide bonds. The van der Waals surface area contributed by atoms with Gasteiger partial charge in [-0.3, -0.25) is 0 Å². The van der Waals surface area contributed by atoms with Crippen molar-refractivity contribution in [3.63, 3.8) is 0 Å². The van der Waals surface area contributed by atoms with Crippen LogP contribution in [0.3, 0.4) is 0 Å². The molecule has 0 heterocycles. The molecule has 0 bridgehead atoms. The molecule has 0 aliphatic heterocycles. The molecule has 0 saturated heterocycles. The molecular weight excluding hydrogens is 585 g/mol. The minimum atomic E-state index is -2.16. The number of methoxy groups -OCH3 is 2. The highest BCUT2D eigenvalue weighted by molar-refractivity contribution is 6.74. The topological polar surface area (TPSA) is 63.2 Å². The Morgan fingerprint density at radius 3 is 1.91 bits per heavy atom. The van der Waals surface area contributed by atoms with Gasteiger partial charge in [0.05, 0.1) is 33.0 Å². The van der Waals surface area contributed by atoms with E-state index >= 15 is 0 Å². The van der Waals surface area contributed by atoms with E-state index in [2.05, 4.69) is 102 Å². The van der Waals surface area contributed by atoms with Crippen LogP contribution >= 0.6 is 0 Å². The van der Waals surface area contributed by atoms with E-state index in [-0.39, 0.29) is 46.0 Å². The Kier molecular flexibility index (Phi) is 15.3. The van der Waals surface area contributed by atoms with Crippen molar-refractivity contribution in [1.29, 1.82) is 0 Å². The third-order valence-electron chi connectivity index (χ3n) is 9.59.